The summed E-state index contributed by atoms with van der Waals surface area (Å²) >= 11 is 11.8. The van der Waals surface area contributed by atoms with Crippen molar-refractivity contribution in [1.82, 2.24) is 9.13 Å². The number of carboxylic acids is 1. The van der Waals surface area contributed by atoms with E-state index in [2.05, 4.69) is 0 Å². The van der Waals surface area contributed by atoms with Gasteiger partial charge in [0, 0.05) is 18.8 Å². The molecule has 0 saturated carbocycles. The Balaban J connectivity index is 2.89. The highest BCUT2D eigenvalue weighted by Crippen LogP contribution is 2.27. The first-order valence-electron chi connectivity index (χ1n) is 5.76. The van der Waals surface area contributed by atoms with Crippen LogP contribution >= 0.6 is 23.2 Å². The first-order chi connectivity index (χ1) is 9.73. The van der Waals surface area contributed by atoms with E-state index in [1.807, 2.05) is 0 Å². The fraction of sp³-hybridized carbons (Fsp3) is 0.154. The summed E-state index contributed by atoms with van der Waals surface area (Å²) in [6.07, 6.45) is 0. The molecular weight excluding hydrogens is 319 g/mol. The molecule has 1 aromatic carbocycles. The highest BCUT2D eigenvalue weighted by molar-refractivity contribution is 6.37. The third-order valence-corrected chi connectivity index (χ3v) is 3.68. The van der Waals surface area contributed by atoms with Gasteiger partial charge < -0.3 is 9.67 Å². The number of nitrogens with zero attached hydrogens (tertiary/aromatic N) is 2. The molecule has 21 heavy (non-hydrogen) atoms. The molecule has 1 N–H and O–H groups in total. The molecule has 8 heteroatoms. The van der Waals surface area contributed by atoms with E-state index in [-0.39, 0.29) is 21.3 Å². The van der Waals surface area contributed by atoms with Crippen LogP contribution in [0.15, 0.2) is 27.8 Å². The molecule has 0 atom stereocenters. The summed E-state index contributed by atoms with van der Waals surface area (Å²) in [5.41, 5.74) is -1.02. The zero-order chi connectivity index (χ0) is 15.9. The highest BCUT2D eigenvalue weighted by Gasteiger charge is 2.17. The number of aryl methyl sites for hydroxylation is 1. The fourth-order valence-corrected chi connectivity index (χ4v) is 2.38. The van der Waals surface area contributed by atoms with Crippen molar-refractivity contribution in [2.45, 2.75) is 6.92 Å². The second-order valence-electron chi connectivity index (χ2n) is 4.39. The standard InChI is InChI=1S/C13H10Cl2N2O4/c1-6-3-11(18)17(13(21)16(6)2)10-4-7(12(19)20)8(14)5-9(10)15/h3-5H,1-2H3,(H,19,20). The molecule has 2 aromatic rings. The predicted octanol–water partition coefficient (Wildman–Crippen LogP) is 1.85. The molecule has 0 saturated heterocycles. The number of carbonyl (C=O) groups is 1. The Bertz CT molecular complexity index is 868. The molecule has 6 nitrogen and oxygen atoms in total. The number of hydrogen-bond acceptors (Lipinski definition) is 3. The van der Waals surface area contributed by atoms with Gasteiger partial charge in [-0.25, -0.2) is 14.2 Å². The number of aromatic nitrogens is 2. The summed E-state index contributed by atoms with van der Waals surface area (Å²) in [5, 5.41) is 9.00. The van der Waals surface area contributed by atoms with Crippen LogP contribution in [0.2, 0.25) is 10.0 Å². The van der Waals surface area contributed by atoms with Gasteiger partial charge in [0.25, 0.3) is 5.56 Å². The molecule has 0 aliphatic heterocycles. The van der Waals surface area contributed by atoms with Crippen LogP contribution in [0.4, 0.5) is 0 Å². The monoisotopic (exact) mass is 328 g/mol. The lowest BCUT2D eigenvalue weighted by molar-refractivity contribution is 0.0697. The van der Waals surface area contributed by atoms with Crippen molar-refractivity contribution in [3.63, 3.8) is 0 Å². The molecule has 0 unspecified atom stereocenters. The van der Waals surface area contributed by atoms with E-state index in [9.17, 15) is 14.4 Å². The third-order valence-electron chi connectivity index (χ3n) is 3.07. The van der Waals surface area contributed by atoms with Crippen LogP contribution in [0, 0.1) is 6.92 Å². The first-order valence-corrected chi connectivity index (χ1v) is 6.52. The number of hydrogen-bond donors (Lipinski definition) is 1. The minimum absolute atomic E-state index is 0.00746. The molecule has 0 aliphatic carbocycles. The molecule has 0 aliphatic rings. The summed E-state index contributed by atoms with van der Waals surface area (Å²) in [6.45, 7) is 1.61. The average Bonchev–Trinajstić information content (AvgIpc) is 2.38. The number of aromatic carboxylic acids is 1. The van der Waals surface area contributed by atoms with E-state index in [4.69, 9.17) is 28.3 Å². The number of halogens is 2. The van der Waals surface area contributed by atoms with Crippen molar-refractivity contribution >= 4 is 29.2 Å². The van der Waals surface area contributed by atoms with Gasteiger partial charge in [0.15, 0.2) is 0 Å². The average molecular weight is 329 g/mol. The first kappa shape index (κ1) is 15.3. The third kappa shape index (κ3) is 2.59. The molecule has 0 radical (unpaired) electrons. The van der Waals surface area contributed by atoms with Crippen molar-refractivity contribution in [1.29, 1.82) is 0 Å². The van der Waals surface area contributed by atoms with Crippen LogP contribution in [0.3, 0.4) is 0 Å². The maximum Gasteiger partial charge on any atom is 0.337 e. The lowest BCUT2D eigenvalue weighted by atomic mass is 10.2. The minimum atomic E-state index is -1.28. The topological polar surface area (TPSA) is 81.3 Å². The van der Waals surface area contributed by atoms with Gasteiger partial charge in [0.05, 0.1) is 21.3 Å². The molecule has 110 valence electrons. The fourth-order valence-electron chi connectivity index (χ4n) is 1.83. The van der Waals surface area contributed by atoms with Gasteiger partial charge in [-0.05, 0) is 19.1 Å². The summed E-state index contributed by atoms with van der Waals surface area (Å²) in [4.78, 5) is 35.4. The number of rotatable bonds is 2. The zero-order valence-electron chi connectivity index (χ0n) is 11.1. The van der Waals surface area contributed by atoms with E-state index in [1.54, 1.807) is 6.92 Å². The van der Waals surface area contributed by atoms with E-state index >= 15 is 0 Å². The molecule has 0 spiro atoms. The van der Waals surface area contributed by atoms with E-state index in [1.165, 1.54) is 23.7 Å². The smallest absolute Gasteiger partial charge is 0.337 e. The lowest BCUT2D eigenvalue weighted by Gasteiger charge is -2.12. The number of benzene rings is 1. The van der Waals surface area contributed by atoms with Crippen LogP contribution in [0.5, 0.6) is 0 Å². The van der Waals surface area contributed by atoms with E-state index in [0.29, 0.717) is 5.69 Å². The Morgan fingerprint density at radius 1 is 1.14 bits per heavy atom. The molecule has 0 bridgehead atoms. The van der Waals surface area contributed by atoms with Gasteiger partial charge in [-0.1, -0.05) is 23.2 Å². The van der Waals surface area contributed by atoms with Crippen molar-refractivity contribution in [2.75, 3.05) is 0 Å². The van der Waals surface area contributed by atoms with Crippen LogP contribution in [0.1, 0.15) is 16.1 Å². The van der Waals surface area contributed by atoms with Crippen LogP contribution < -0.4 is 11.2 Å². The van der Waals surface area contributed by atoms with Gasteiger partial charge in [-0.3, -0.25) is 4.79 Å². The largest absolute Gasteiger partial charge is 0.478 e. The zero-order valence-corrected chi connectivity index (χ0v) is 12.6. The normalized spacial score (nSPS) is 10.7. The number of carboxylic acid groups (broad SMARTS) is 1. The summed E-state index contributed by atoms with van der Waals surface area (Å²) < 4.78 is 2.06. The Morgan fingerprint density at radius 2 is 1.76 bits per heavy atom. The Hall–Kier alpha value is -2.05. The Morgan fingerprint density at radius 3 is 2.33 bits per heavy atom. The van der Waals surface area contributed by atoms with E-state index < -0.39 is 17.2 Å². The van der Waals surface area contributed by atoms with Crippen molar-refractivity contribution in [3.05, 3.63) is 60.3 Å². The predicted molar refractivity (Wildman–Crippen MR) is 79.0 cm³/mol. The van der Waals surface area contributed by atoms with Crippen molar-refractivity contribution < 1.29 is 9.90 Å². The second-order valence-corrected chi connectivity index (χ2v) is 5.20. The van der Waals surface area contributed by atoms with Crippen LogP contribution in [-0.4, -0.2) is 20.2 Å². The summed E-state index contributed by atoms with van der Waals surface area (Å²) in [7, 11) is 1.50. The van der Waals surface area contributed by atoms with Gasteiger partial charge in [0.2, 0.25) is 0 Å². The quantitative estimate of drug-likeness (QED) is 0.912. The van der Waals surface area contributed by atoms with Gasteiger partial charge >= 0.3 is 11.7 Å². The van der Waals surface area contributed by atoms with Crippen molar-refractivity contribution in [3.8, 4) is 5.69 Å². The van der Waals surface area contributed by atoms with E-state index in [0.717, 1.165) is 10.6 Å². The Kier molecular flexibility index (Phi) is 3.93. The molecule has 1 heterocycles. The van der Waals surface area contributed by atoms with Crippen LogP contribution in [0.25, 0.3) is 5.69 Å². The van der Waals surface area contributed by atoms with Crippen LogP contribution in [-0.2, 0) is 7.05 Å². The molecule has 0 amide bonds. The molecular formula is C13H10Cl2N2O4. The lowest BCUT2D eigenvalue weighted by Crippen LogP contribution is -2.38. The van der Waals surface area contributed by atoms with Gasteiger partial charge in [-0.15, -0.1) is 0 Å². The highest BCUT2D eigenvalue weighted by atomic mass is 35.5. The van der Waals surface area contributed by atoms with Crippen molar-refractivity contribution in [2.24, 2.45) is 7.05 Å². The van der Waals surface area contributed by atoms with Gasteiger partial charge in [0.1, 0.15) is 0 Å². The maximum absolute atomic E-state index is 12.2. The Labute approximate surface area is 128 Å². The van der Waals surface area contributed by atoms with Gasteiger partial charge in [-0.2, -0.15) is 0 Å². The second kappa shape index (κ2) is 5.38. The summed E-state index contributed by atoms with van der Waals surface area (Å²) in [5.74, 6) is -1.28. The summed E-state index contributed by atoms with van der Waals surface area (Å²) in [6, 6.07) is 3.55. The minimum Gasteiger partial charge on any atom is -0.478 e. The molecule has 1 aromatic heterocycles. The maximum atomic E-state index is 12.2. The molecule has 0 fully saturated rings. The molecule has 2 rings (SSSR count). The SMILES string of the molecule is Cc1cc(=O)n(-c2cc(C(=O)O)c(Cl)cc2Cl)c(=O)n1C.